The zero-order valence-corrected chi connectivity index (χ0v) is 13.7. The monoisotopic (exact) mass is 334 g/mol. The van der Waals surface area contributed by atoms with Gasteiger partial charge in [0, 0.05) is 18.0 Å². The van der Waals surface area contributed by atoms with Crippen LogP contribution in [0.25, 0.3) is 10.9 Å². The molecule has 0 radical (unpaired) electrons. The van der Waals surface area contributed by atoms with Gasteiger partial charge in [0.25, 0.3) is 11.5 Å². The summed E-state index contributed by atoms with van der Waals surface area (Å²) in [6.07, 6.45) is 2.90. The fourth-order valence-electron chi connectivity index (χ4n) is 3.16. The predicted octanol–water partition coefficient (Wildman–Crippen LogP) is 1.71. The molecule has 1 aromatic carbocycles. The van der Waals surface area contributed by atoms with Gasteiger partial charge in [0.05, 0.1) is 17.8 Å². The van der Waals surface area contributed by atoms with Gasteiger partial charge in [0.2, 0.25) is 0 Å². The van der Waals surface area contributed by atoms with Crippen molar-refractivity contribution in [1.82, 2.24) is 20.1 Å². The van der Waals surface area contributed by atoms with E-state index in [1.54, 1.807) is 12.1 Å². The average molecular weight is 334 g/mol. The first-order valence-electron chi connectivity index (χ1n) is 8.44. The van der Waals surface area contributed by atoms with Crippen LogP contribution in [0.5, 0.6) is 0 Å². The number of fused-ring (bicyclic) bond motifs is 2. The summed E-state index contributed by atoms with van der Waals surface area (Å²) in [5.41, 5.74) is 3.10. The van der Waals surface area contributed by atoms with Crippen molar-refractivity contribution in [2.75, 3.05) is 6.54 Å². The molecule has 6 heteroatoms. The Kier molecular flexibility index (Phi) is 4.01. The summed E-state index contributed by atoms with van der Waals surface area (Å²) in [4.78, 5) is 28.7. The summed E-state index contributed by atoms with van der Waals surface area (Å²) < 4.78 is 1.43. The van der Waals surface area contributed by atoms with E-state index >= 15 is 0 Å². The fraction of sp³-hybridized carbons (Fsp3) is 0.263. The van der Waals surface area contributed by atoms with E-state index in [2.05, 4.69) is 15.4 Å². The second-order valence-electron chi connectivity index (χ2n) is 6.18. The van der Waals surface area contributed by atoms with Gasteiger partial charge in [-0.25, -0.2) is 9.67 Å². The highest BCUT2D eigenvalue weighted by Crippen LogP contribution is 2.16. The predicted molar refractivity (Wildman–Crippen MR) is 94.6 cm³/mol. The van der Waals surface area contributed by atoms with Crippen LogP contribution in [0.2, 0.25) is 0 Å². The van der Waals surface area contributed by atoms with Crippen LogP contribution in [-0.2, 0) is 19.4 Å². The number of hydrogen-bond acceptors (Lipinski definition) is 4. The van der Waals surface area contributed by atoms with Crippen LogP contribution >= 0.6 is 0 Å². The number of amides is 1. The van der Waals surface area contributed by atoms with E-state index < -0.39 is 0 Å². The molecule has 0 saturated heterocycles. The SMILES string of the molecule is O=C(NCCn1nc2c(cc1=O)CCC2)c1ccc2ccccc2n1. The van der Waals surface area contributed by atoms with E-state index in [1.165, 1.54) is 4.68 Å². The van der Waals surface area contributed by atoms with Crippen LogP contribution in [0.1, 0.15) is 28.2 Å². The largest absolute Gasteiger partial charge is 0.349 e. The molecule has 0 bridgehead atoms. The van der Waals surface area contributed by atoms with Gasteiger partial charge in [-0.2, -0.15) is 5.10 Å². The number of aryl methyl sites for hydroxylation is 2. The van der Waals surface area contributed by atoms with Gasteiger partial charge < -0.3 is 5.32 Å². The molecule has 2 heterocycles. The molecule has 0 unspecified atom stereocenters. The maximum absolute atomic E-state index is 12.3. The maximum Gasteiger partial charge on any atom is 0.269 e. The molecule has 126 valence electrons. The lowest BCUT2D eigenvalue weighted by atomic mass is 10.2. The number of rotatable bonds is 4. The van der Waals surface area contributed by atoms with Gasteiger partial charge in [-0.1, -0.05) is 24.3 Å². The Morgan fingerprint density at radius 2 is 2.04 bits per heavy atom. The van der Waals surface area contributed by atoms with E-state index in [9.17, 15) is 9.59 Å². The summed E-state index contributed by atoms with van der Waals surface area (Å²) in [6, 6.07) is 12.9. The highest BCUT2D eigenvalue weighted by Gasteiger charge is 2.15. The Morgan fingerprint density at radius 1 is 1.16 bits per heavy atom. The maximum atomic E-state index is 12.3. The summed E-state index contributed by atoms with van der Waals surface area (Å²) in [5, 5.41) is 8.20. The molecule has 0 saturated carbocycles. The Bertz CT molecular complexity index is 1010. The van der Waals surface area contributed by atoms with E-state index in [0.717, 1.165) is 41.4 Å². The van der Waals surface area contributed by atoms with Crippen molar-refractivity contribution in [3.63, 3.8) is 0 Å². The van der Waals surface area contributed by atoms with Gasteiger partial charge in [0.15, 0.2) is 0 Å². The Balaban J connectivity index is 1.42. The summed E-state index contributed by atoms with van der Waals surface area (Å²) >= 11 is 0. The average Bonchev–Trinajstić information content (AvgIpc) is 3.08. The van der Waals surface area contributed by atoms with Crippen LogP contribution in [0.4, 0.5) is 0 Å². The molecule has 0 aliphatic heterocycles. The molecular formula is C19H18N4O2. The first-order valence-corrected chi connectivity index (χ1v) is 8.44. The van der Waals surface area contributed by atoms with Gasteiger partial charge in [-0.3, -0.25) is 9.59 Å². The fourth-order valence-corrected chi connectivity index (χ4v) is 3.16. The lowest BCUT2D eigenvalue weighted by Crippen LogP contribution is -2.32. The minimum Gasteiger partial charge on any atom is -0.349 e. The van der Waals surface area contributed by atoms with Crippen molar-refractivity contribution in [3.05, 3.63) is 69.8 Å². The lowest BCUT2D eigenvalue weighted by Gasteiger charge is -2.08. The van der Waals surface area contributed by atoms with Crippen LogP contribution in [0.15, 0.2) is 47.3 Å². The molecular weight excluding hydrogens is 316 g/mol. The molecule has 0 atom stereocenters. The van der Waals surface area contributed by atoms with Crippen molar-refractivity contribution in [1.29, 1.82) is 0 Å². The highest BCUT2D eigenvalue weighted by atomic mass is 16.2. The van der Waals surface area contributed by atoms with E-state index in [1.807, 2.05) is 30.3 Å². The number of benzene rings is 1. The van der Waals surface area contributed by atoms with Crippen LogP contribution < -0.4 is 10.9 Å². The van der Waals surface area contributed by atoms with Crippen molar-refractivity contribution >= 4 is 16.8 Å². The quantitative estimate of drug-likeness (QED) is 0.788. The first kappa shape index (κ1) is 15.5. The molecule has 1 amide bonds. The minimum absolute atomic E-state index is 0.112. The van der Waals surface area contributed by atoms with Gasteiger partial charge in [-0.15, -0.1) is 0 Å². The molecule has 6 nitrogen and oxygen atoms in total. The Morgan fingerprint density at radius 3 is 2.96 bits per heavy atom. The van der Waals surface area contributed by atoms with Crippen LogP contribution in [0, 0.1) is 0 Å². The Hall–Kier alpha value is -3.02. The van der Waals surface area contributed by atoms with Crippen molar-refractivity contribution in [3.8, 4) is 0 Å². The number of pyridine rings is 1. The third kappa shape index (κ3) is 3.15. The van der Waals surface area contributed by atoms with Crippen LogP contribution in [-0.4, -0.2) is 27.2 Å². The topological polar surface area (TPSA) is 76.9 Å². The molecule has 0 fully saturated rings. The summed E-state index contributed by atoms with van der Waals surface area (Å²) in [5.74, 6) is -0.250. The molecule has 25 heavy (non-hydrogen) atoms. The zero-order chi connectivity index (χ0) is 17.2. The van der Waals surface area contributed by atoms with E-state index in [0.29, 0.717) is 18.8 Å². The second-order valence-corrected chi connectivity index (χ2v) is 6.18. The number of aromatic nitrogens is 3. The van der Waals surface area contributed by atoms with E-state index in [-0.39, 0.29) is 11.5 Å². The van der Waals surface area contributed by atoms with Crippen molar-refractivity contribution < 1.29 is 4.79 Å². The van der Waals surface area contributed by atoms with Gasteiger partial charge >= 0.3 is 0 Å². The Labute approximate surface area is 144 Å². The molecule has 1 aliphatic rings. The summed E-state index contributed by atoms with van der Waals surface area (Å²) in [7, 11) is 0. The van der Waals surface area contributed by atoms with Crippen LogP contribution in [0.3, 0.4) is 0 Å². The normalized spacial score (nSPS) is 13.0. The number of carbonyl (C=O) groups excluding carboxylic acids is 1. The molecule has 3 aromatic rings. The first-order chi connectivity index (χ1) is 12.2. The standard InChI is InChI=1S/C19H18N4O2/c24-18-12-14-5-3-7-16(14)22-23(18)11-10-20-19(25)17-9-8-13-4-1-2-6-15(13)21-17/h1-2,4,6,8-9,12H,3,5,7,10-11H2,(H,20,25). The van der Waals surface area contributed by atoms with Crippen molar-refractivity contribution in [2.45, 2.75) is 25.8 Å². The lowest BCUT2D eigenvalue weighted by molar-refractivity contribution is 0.0947. The number of nitrogens with one attached hydrogen (secondary N) is 1. The summed E-state index contributed by atoms with van der Waals surface area (Å²) in [6.45, 7) is 0.685. The molecule has 1 aliphatic carbocycles. The minimum atomic E-state index is -0.250. The number of hydrogen-bond donors (Lipinski definition) is 1. The number of para-hydroxylation sites is 1. The third-order valence-corrected chi connectivity index (χ3v) is 4.46. The van der Waals surface area contributed by atoms with E-state index in [4.69, 9.17) is 0 Å². The molecule has 4 rings (SSSR count). The number of nitrogens with zero attached hydrogens (tertiary/aromatic N) is 3. The highest BCUT2D eigenvalue weighted by molar-refractivity contribution is 5.94. The molecule has 0 spiro atoms. The zero-order valence-electron chi connectivity index (χ0n) is 13.7. The van der Waals surface area contributed by atoms with Gasteiger partial charge in [-0.05, 0) is 37.0 Å². The van der Waals surface area contributed by atoms with Gasteiger partial charge in [0.1, 0.15) is 5.69 Å². The number of carbonyl (C=O) groups is 1. The molecule has 1 N–H and O–H groups in total. The second kappa shape index (κ2) is 6.47. The van der Waals surface area contributed by atoms with Crippen molar-refractivity contribution in [2.24, 2.45) is 0 Å². The third-order valence-electron chi connectivity index (χ3n) is 4.46. The molecule has 2 aromatic heterocycles. The smallest absolute Gasteiger partial charge is 0.269 e.